The van der Waals surface area contributed by atoms with Gasteiger partial charge in [0.25, 0.3) is 5.56 Å². The molecule has 0 saturated heterocycles. The van der Waals surface area contributed by atoms with E-state index in [1.54, 1.807) is 31.3 Å². The Hall–Kier alpha value is -2.72. The van der Waals surface area contributed by atoms with Crippen LogP contribution in [-0.4, -0.2) is 42.2 Å². The maximum absolute atomic E-state index is 13.2. The topological polar surface area (TPSA) is 92.0 Å². The smallest absolute Gasteiger partial charge is 0.346 e. The van der Waals surface area contributed by atoms with Crippen molar-refractivity contribution in [3.63, 3.8) is 0 Å². The molecule has 1 heterocycles. The molecule has 1 atom stereocenters. The highest BCUT2D eigenvalue weighted by Gasteiger charge is 2.19. The predicted molar refractivity (Wildman–Crippen MR) is 138 cm³/mol. The van der Waals surface area contributed by atoms with Gasteiger partial charge in [-0.05, 0) is 59.6 Å². The molecule has 0 amide bonds. The van der Waals surface area contributed by atoms with Crippen LogP contribution in [0.15, 0.2) is 49.2 Å². The zero-order chi connectivity index (χ0) is 24.8. The van der Waals surface area contributed by atoms with Crippen LogP contribution in [0.3, 0.4) is 0 Å². The fourth-order valence-electron chi connectivity index (χ4n) is 3.24. The minimum absolute atomic E-state index is 0.247. The third-order valence-corrected chi connectivity index (χ3v) is 6.24. The third kappa shape index (κ3) is 5.85. The number of esters is 1. The van der Waals surface area contributed by atoms with E-state index in [-0.39, 0.29) is 5.56 Å². The van der Waals surface area contributed by atoms with Crippen molar-refractivity contribution in [3.05, 3.63) is 61.0 Å². The van der Waals surface area contributed by atoms with Gasteiger partial charge in [-0.2, -0.15) is 9.78 Å². The van der Waals surface area contributed by atoms with E-state index >= 15 is 0 Å². The fourth-order valence-corrected chi connectivity index (χ4v) is 4.02. The van der Waals surface area contributed by atoms with Gasteiger partial charge in [0.05, 0.1) is 31.3 Å². The van der Waals surface area contributed by atoms with Crippen LogP contribution in [0.2, 0.25) is 0 Å². The van der Waals surface area contributed by atoms with E-state index in [1.165, 1.54) is 18.9 Å². The lowest BCUT2D eigenvalue weighted by molar-refractivity contribution is -0.147. The number of carbonyl (C=O) groups excluding carboxylic acids is 1. The summed E-state index contributed by atoms with van der Waals surface area (Å²) < 4.78 is 18.6. The Labute approximate surface area is 214 Å². The summed E-state index contributed by atoms with van der Waals surface area (Å²) in [5, 5.41) is 4.95. The number of nitrogens with zero attached hydrogens (tertiary/aromatic N) is 3. The summed E-state index contributed by atoms with van der Waals surface area (Å²) in [6.07, 6.45) is 3.21. The highest BCUT2D eigenvalue weighted by Crippen LogP contribution is 2.33. The first kappa shape index (κ1) is 25.9. The van der Waals surface area contributed by atoms with Gasteiger partial charge in [-0.1, -0.05) is 29.3 Å². The molecule has 3 aromatic rings. The number of ether oxygens (including phenoxy) is 3. The molecule has 0 saturated carbocycles. The van der Waals surface area contributed by atoms with E-state index in [4.69, 9.17) is 14.2 Å². The Morgan fingerprint density at radius 3 is 2.65 bits per heavy atom. The van der Waals surface area contributed by atoms with Crippen LogP contribution in [0.25, 0.3) is 10.9 Å². The molecule has 34 heavy (non-hydrogen) atoms. The van der Waals surface area contributed by atoms with Crippen molar-refractivity contribution in [3.8, 4) is 11.5 Å². The summed E-state index contributed by atoms with van der Waals surface area (Å²) in [4.78, 5) is 29.7. The lowest BCUT2D eigenvalue weighted by atomic mass is 10.2. The van der Waals surface area contributed by atoms with E-state index < -0.39 is 12.1 Å². The van der Waals surface area contributed by atoms with Gasteiger partial charge in [-0.25, -0.2) is 9.78 Å². The number of aryl methyl sites for hydroxylation is 1. The van der Waals surface area contributed by atoms with E-state index in [0.29, 0.717) is 44.7 Å². The van der Waals surface area contributed by atoms with Gasteiger partial charge < -0.3 is 14.2 Å². The number of fused-ring (bicyclic) bond motifs is 1. The molecule has 0 fully saturated rings. The first-order valence-electron chi connectivity index (χ1n) is 10.7. The molecule has 0 radical (unpaired) electrons. The number of halogens is 2. The number of benzene rings is 2. The number of rotatable bonds is 9. The van der Waals surface area contributed by atoms with Crippen LogP contribution in [0.5, 0.6) is 11.5 Å². The average Bonchev–Trinajstić information content (AvgIpc) is 2.83. The predicted octanol–water partition coefficient (Wildman–Crippen LogP) is 5.10. The van der Waals surface area contributed by atoms with E-state index in [2.05, 4.69) is 48.9 Å². The quantitative estimate of drug-likeness (QED) is 0.253. The zero-order valence-electron chi connectivity index (χ0n) is 19.3. The van der Waals surface area contributed by atoms with E-state index in [0.717, 1.165) is 17.3 Å². The molecule has 2 aromatic carbocycles. The number of unbranched alkanes of at least 4 members (excludes halogenated alkanes) is 1. The third-order valence-electron chi connectivity index (χ3n) is 5.06. The SMILES string of the molecule is CCCCc1nc2ccc(Br)cc2c(=O)n1N=Cc1cc(OC)c(O[C@@H](C)C(=O)OC)cc1Br. The van der Waals surface area contributed by atoms with Gasteiger partial charge >= 0.3 is 5.97 Å². The molecule has 10 heteroatoms. The Balaban J connectivity index is 2.04. The number of aromatic nitrogens is 2. The lowest BCUT2D eigenvalue weighted by Crippen LogP contribution is -2.25. The number of hydrogen-bond acceptors (Lipinski definition) is 7. The van der Waals surface area contributed by atoms with Crippen molar-refractivity contribution in [2.45, 2.75) is 39.2 Å². The summed E-state index contributed by atoms with van der Waals surface area (Å²) in [6, 6.07) is 8.80. The van der Waals surface area contributed by atoms with Gasteiger partial charge in [0.15, 0.2) is 17.6 Å². The van der Waals surface area contributed by atoms with Gasteiger partial charge in [-0.3, -0.25) is 4.79 Å². The Bertz CT molecular complexity index is 1290. The molecule has 0 spiro atoms. The van der Waals surface area contributed by atoms with Crippen LogP contribution in [0.1, 0.15) is 38.1 Å². The second kappa shape index (κ2) is 11.6. The largest absolute Gasteiger partial charge is 0.493 e. The minimum Gasteiger partial charge on any atom is -0.493 e. The second-order valence-corrected chi connectivity index (χ2v) is 9.23. The summed E-state index contributed by atoms with van der Waals surface area (Å²) >= 11 is 6.92. The number of carbonyl (C=O) groups is 1. The van der Waals surface area contributed by atoms with Crippen LogP contribution < -0.4 is 15.0 Å². The molecule has 1 aromatic heterocycles. The number of hydrogen-bond donors (Lipinski definition) is 0. The molecular weight excluding hydrogens is 570 g/mol. The van der Waals surface area contributed by atoms with Gasteiger partial charge in [-0.15, -0.1) is 0 Å². The molecule has 0 aliphatic carbocycles. The minimum atomic E-state index is -0.812. The number of methoxy groups -OCH3 is 2. The summed E-state index contributed by atoms with van der Waals surface area (Å²) in [5.74, 6) is 0.855. The highest BCUT2D eigenvalue weighted by atomic mass is 79.9. The van der Waals surface area contributed by atoms with Crippen molar-refractivity contribution >= 4 is 54.9 Å². The zero-order valence-corrected chi connectivity index (χ0v) is 22.5. The molecule has 0 bridgehead atoms. The van der Waals surface area contributed by atoms with Crippen molar-refractivity contribution in [2.75, 3.05) is 14.2 Å². The monoisotopic (exact) mass is 593 g/mol. The molecular formula is C24H25Br2N3O5. The standard InChI is InChI=1S/C24H25Br2N3O5/c1-5-6-7-22-28-19-9-8-16(25)11-17(19)23(30)29(22)27-13-15-10-20(32-3)21(12-18(15)26)34-14(2)24(31)33-4/h8-14H,5-7H2,1-4H3/t14-/m0/s1. The van der Waals surface area contributed by atoms with Crippen LogP contribution in [0, 0.1) is 0 Å². The van der Waals surface area contributed by atoms with Crippen molar-refractivity contribution in [2.24, 2.45) is 5.10 Å². The maximum atomic E-state index is 13.2. The molecule has 0 unspecified atom stereocenters. The Morgan fingerprint density at radius 2 is 1.97 bits per heavy atom. The molecule has 3 rings (SSSR count). The van der Waals surface area contributed by atoms with Crippen molar-refractivity contribution in [1.29, 1.82) is 0 Å². The molecule has 180 valence electrons. The Kier molecular flexibility index (Phi) is 8.84. The summed E-state index contributed by atoms with van der Waals surface area (Å²) in [5.41, 5.74) is 1.04. The van der Waals surface area contributed by atoms with Crippen LogP contribution in [0.4, 0.5) is 0 Å². The van der Waals surface area contributed by atoms with Gasteiger partial charge in [0, 0.05) is 20.9 Å². The highest BCUT2D eigenvalue weighted by molar-refractivity contribution is 9.10. The van der Waals surface area contributed by atoms with Crippen molar-refractivity contribution < 1.29 is 19.0 Å². The fraction of sp³-hybridized carbons (Fsp3) is 0.333. The van der Waals surface area contributed by atoms with Gasteiger partial charge in [0.2, 0.25) is 0 Å². The van der Waals surface area contributed by atoms with Gasteiger partial charge in [0.1, 0.15) is 5.82 Å². The molecule has 0 aliphatic rings. The lowest BCUT2D eigenvalue weighted by Gasteiger charge is -2.16. The van der Waals surface area contributed by atoms with Crippen molar-refractivity contribution in [1.82, 2.24) is 9.66 Å². The van der Waals surface area contributed by atoms with E-state index in [9.17, 15) is 9.59 Å². The normalized spacial score (nSPS) is 12.2. The molecule has 8 nitrogen and oxygen atoms in total. The van der Waals surface area contributed by atoms with Crippen LogP contribution in [-0.2, 0) is 16.0 Å². The first-order chi connectivity index (χ1) is 16.3. The summed E-state index contributed by atoms with van der Waals surface area (Å²) in [6.45, 7) is 3.67. The molecule has 0 aliphatic heterocycles. The van der Waals surface area contributed by atoms with Crippen LogP contribution >= 0.6 is 31.9 Å². The Morgan fingerprint density at radius 1 is 1.21 bits per heavy atom. The second-order valence-electron chi connectivity index (χ2n) is 7.46. The first-order valence-corrected chi connectivity index (χ1v) is 12.2. The summed E-state index contributed by atoms with van der Waals surface area (Å²) in [7, 11) is 2.80. The van der Waals surface area contributed by atoms with E-state index in [1.807, 2.05) is 12.1 Å². The maximum Gasteiger partial charge on any atom is 0.346 e. The molecule has 0 N–H and O–H groups in total. The average molecular weight is 595 g/mol.